The Balaban J connectivity index is 2.17. The monoisotopic (exact) mass is 415 g/mol. The molecule has 2 aromatic rings. The molecule has 2 rings (SSSR count). The number of hydrogen-bond acceptors (Lipinski definition) is 5. The highest BCUT2D eigenvalue weighted by molar-refractivity contribution is 5.80. The number of aryl methyl sites for hydroxylation is 1. The van der Waals surface area contributed by atoms with Crippen molar-refractivity contribution in [1.82, 2.24) is 10.6 Å². The first-order valence-corrected chi connectivity index (χ1v) is 10.0. The summed E-state index contributed by atoms with van der Waals surface area (Å²) in [5, 5.41) is 17.3. The zero-order valence-corrected chi connectivity index (χ0v) is 18.7. The molecule has 0 fully saturated rings. The summed E-state index contributed by atoms with van der Waals surface area (Å²) in [7, 11) is 4.83. The lowest BCUT2D eigenvalue weighted by Gasteiger charge is -2.21. The first-order valence-electron chi connectivity index (χ1n) is 10.0. The average Bonchev–Trinajstić information content (AvgIpc) is 2.76. The number of methoxy groups -OCH3 is 3. The Kier molecular flexibility index (Phi) is 8.80. The van der Waals surface area contributed by atoms with Crippen LogP contribution in [0, 0.1) is 6.92 Å². The van der Waals surface area contributed by atoms with Gasteiger partial charge in [-0.2, -0.15) is 0 Å². The summed E-state index contributed by atoms with van der Waals surface area (Å²) in [5.74, 6) is 2.68. The van der Waals surface area contributed by atoms with Crippen LogP contribution in [0.1, 0.15) is 42.7 Å². The van der Waals surface area contributed by atoms with E-state index in [9.17, 15) is 5.11 Å². The van der Waals surface area contributed by atoms with Crippen LogP contribution in [0.4, 0.5) is 0 Å². The van der Waals surface area contributed by atoms with Crippen molar-refractivity contribution >= 4 is 5.96 Å². The number of hydrogen-bond donors (Lipinski definition) is 3. The lowest BCUT2D eigenvalue weighted by molar-refractivity contribution is 0.186. The highest BCUT2D eigenvalue weighted by Gasteiger charge is 2.15. The van der Waals surface area contributed by atoms with E-state index in [2.05, 4.69) is 21.7 Å². The first-order chi connectivity index (χ1) is 14.4. The van der Waals surface area contributed by atoms with Crippen LogP contribution in [0.25, 0.3) is 0 Å². The van der Waals surface area contributed by atoms with E-state index in [0.717, 1.165) is 16.9 Å². The van der Waals surface area contributed by atoms with Crippen LogP contribution in [0.3, 0.4) is 0 Å². The maximum Gasteiger partial charge on any atom is 0.191 e. The van der Waals surface area contributed by atoms with Gasteiger partial charge in [-0.05, 0) is 44.5 Å². The Hall–Kier alpha value is -2.93. The van der Waals surface area contributed by atoms with E-state index < -0.39 is 6.10 Å². The zero-order chi connectivity index (χ0) is 22.1. The molecule has 0 aliphatic carbocycles. The Morgan fingerprint density at radius 2 is 1.70 bits per heavy atom. The molecular formula is C23H33N3O4. The van der Waals surface area contributed by atoms with Gasteiger partial charge in [0.25, 0.3) is 0 Å². The molecule has 164 valence electrons. The third-order valence-corrected chi connectivity index (χ3v) is 4.73. The van der Waals surface area contributed by atoms with Crippen LogP contribution in [-0.4, -0.2) is 45.5 Å². The van der Waals surface area contributed by atoms with Gasteiger partial charge in [0.05, 0.1) is 40.0 Å². The number of nitrogens with one attached hydrogen (secondary N) is 2. The quantitative estimate of drug-likeness (QED) is 0.430. The maximum atomic E-state index is 10.7. The first kappa shape index (κ1) is 23.3. The molecule has 0 aromatic heterocycles. The Bertz CT molecular complexity index is 832. The second-order valence-corrected chi connectivity index (χ2v) is 6.99. The zero-order valence-electron chi connectivity index (χ0n) is 18.7. The number of rotatable bonds is 9. The van der Waals surface area contributed by atoms with E-state index in [1.807, 2.05) is 32.9 Å². The Morgan fingerprint density at radius 1 is 1.03 bits per heavy atom. The summed E-state index contributed by atoms with van der Waals surface area (Å²) < 4.78 is 16.1. The average molecular weight is 416 g/mol. The molecule has 0 aliphatic heterocycles. The number of aliphatic hydroxyl groups is 1. The lowest BCUT2D eigenvalue weighted by Crippen LogP contribution is -2.39. The standard InChI is InChI=1S/C23H33N3O4/c1-7-24-23(26-16(3)20-10-15(2)8-9-22(20)30-6)25-14-21(27)17-11-18(28-4)13-19(12-17)29-5/h8-13,16,21,27H,7,14H2,1-6H3,(H2,24,25,26). The van der Waals surface area contributed by atoms with E-state index >= 15 is 0 Å². The molecule has 7 nitrogen and oxygen atoms in total. The molecular weight excluding hydrogens is 382 g/mol. The summed E-state index contributed by atoms with van der Waals surface area (Å²) in [5.41, 5.74) is 2.88. The number of aliphatic imine (C=N–C) groups is 1. The van der Waals surface area contributed by atoms with Gasteiger partial charge in [0, 0.05) is 18.2 Å². The largest absolute Gasteiger partial charge is 0.497 e. The number of aliphatic hydroxyl groups excluding tert-OH is 1. The van der Waals surface area contributed by atoms with Crippen LogP contribution in [0.2, 0.25) is 0 Å². The van der Waals surface area contributed by atoms with E-state index in [4.69, 9.17) is 14.2 Å². The molecule has 0 amide bonds. The van der Waals surface area contributed by atoms with Crippen LogP contribution in [0.5, 0.6) is 17.2 Å². The third-order valence-electron chi connectivity index (χ3n) is 4.73. The van der Waals surface area contributed by atoms with Gasteiger partial charge in [-0.3, -0.25) is 4.99 Å². The summed E-state index contributed by atoms with van der Waals surface area (Å²) >= 11 is 0. The van der Waals surface area contributed by atoms with Gasteiger partial charge in [-0.1, -0.05) is 17.7 Å². The van der Waals surface area contributed by atoms with Crippen molar-refractivity contribution < 1.29 is 19.3 Å². The molecule has 2 aromatic carbocycles. The van der Waals surface area contributed by atoms with Gasteiger partial charge >= 0.3 is 0 Å². The van der Waals surface area contributed by atoms with Gasteiger partial charge in [0.1, 0.15) is 17.2 Å². The van der Waals surface area contributed by atoms with Gasteiger partial charge < -0.3 is 30.0 Å². The Morgan fingerprint density at radius 3 is 2.27 bits per heavy atom. The topological polar surface area (TPSA) is 84.3 Å². The molecule has 0 saturated heterocycles. The molecule has 2 unspecified atom stereocenters. The van der Waals surface area contributed by atoms with Crippen molar-refractivity contribution in [2.24, 2.45) is 4.99 Å². The van der Waals surface area contributed by atoms with E-state index in [0.29, 0.717) is 29.6 Å². The lowest BCUT2D eigenvalue weighted by atomic mass is 10.0. The molecule has 2 atom stereocenters. The van der Waals surface area contributed by atoms with Gasteiger partial charge in [0.15, 0.2) is 5.96 Å². The molecule has 0 bridgehead atoms. The maximum absolute atomic E-state index is 10.7. The van der Waals surface area contributed by atoms with Crippen LogP contribution in [0.15, 0.2) is 41.4 Å². The van der Waals surface area contributed by atoms with E-state index in [1.165, 1.54) is 0 Å². The van der Waals surface area contributed by atoms with Crippen molar-refractivity contribution in [2.75, 3.05) is 34.4 Å². The highest BCUT2D eigenvalue weighted by atomic mass is 16.5. The molecule has 30 heavy (non-hydrogen) atoms. The molecule has 0 radical (unpaired) electrons. The molecule has 3 N–H and O–H groups in total. The minimum atomic E-state index is -0.798. The number of ether oxygens (including phenoxy) is 3. The molecule has 7 heteroatoms. The predicted molar refractivity (Wildman–Crippen MR) is 120 cm³/mol. The highest BCUT2D eigenvalue weighted by Crippen LogP contribution is 2.27. The van der Waals surface area contributed by atoms with Crippen LogP contribution < -0.4 is 24.8 Å². The van der Waals surface area contributed by atoms with Crippen molar-refractivity contribution in [3.63, 3.8) is 0 Å². The fourth-order valence-electron chi connectivity index (χ4n) is 3.10. The van der Waals surface area contributed by atoms with Crippen molar-refractivity contribution in [3.05, 3.63) is 53.1 Å². The summed E-state index contributed by atoms with van der Waals surface area (Å²) in [4.78, 5) is 4.57. The van der Waals surface area contributed by atoms with Gasteiger partial charge in [-0.15, -0.1) is 0 Å². The number of guanidine groups is 1. The normalized spacial score (nSPS) is 13.4. The van der Waals surface area contributed by atoms with Crippen molar-refractivity contribution in [1.29, 1.82) is 0 Å². The SMILES string of the molecule is CCNC(=NCC(O)c1cc(OC)cc(OC)c1)NC(C)c1cc(C)ccc1OC. The number of nitrogens with zero attached hydrogens (tertiary/aromatic N) is 1. The molecule has 0 aliphatic rings. The smallest absolute Gasteiger partial charge is 0.191 e. The fourth-order valence-corrected chi connectivity index (χ4v) is 3.10. The molecule has 0 saturated carbocycles. The summed E-state index contributed by atoms with van der Waals surface area (Å²) in [6.07, 6.45) is -0.798. The van der Waals surface area contributed by atoms with Crippen LogP contribution >= 0.6 is 0 Å². The van der Waals surface area contributed by atoms with Gasteiger partial charge in [-0.25, -0.2) is 0 Å². The predicted octanol–water partition coefficient (Wildman–Crippen LogP) is 3.37. The fraction of sp³-hybridized carbons (Fsp3) is 0.435. The number of benzene rings is 2. The molecule has 0 spiro atoms. The second kappa shape index (κ2) is 11.3. The minimum Gasteiger partial charge on any atom is -0.497 e. The second-order valence-electron chi connectivity index (χ2n) is 6.99. The van der Waals surface area contributed by atoms with Crippen molar-refractivity contribution in [2.45, 2.75) is 32.9 Å². The molecule has 0 heterocycles. The summed E-state index contributed by atoms with van der Waals surface area (Å²) in [6.45, 7) is 6.98. The third kappa shape index (κ3) is 6.29. The minimum absolute atomic E-state index is 0.0355. The van der Waals surface area contributed by atoms with Crippen molar-refractivity contribution in [3.8, 4) is 17.2 Å². The van der Waals surface area contributed by atoms with E-state index in [-0.39, 0.29) is 12.6 Å². The van der Waals surface area contributed by atoms with Gasteiger partial charge in [0.2, 0.25) is 0 Å². The van der Waals surface area contributed by atoms with Crippen LogP contribution in [-0.2, 0) is 0 Å². The summed E-state index contributed by atoms with van der Waals surface area (Å²) in [6, 6.07) is 11.4. The van der Waals surface area contributed by atoms with E-state index in [1.54, 1.807) is 39.5 Å². The Labute approximate surface area is 179 Å².